The highest BCUT2D eigenvalue weighted by Crippen LogP contribution is 2.39. The van der Waals surface area contributed by atoms with E-state index in [1.54, 1.807) is 0 Å². The Labute approximate surface area is 116 Å². The van der Waals surface area contributed by atoms with E-state index >= 15 is 0 Å². The highest BCUT2D eigenvalue weighted by Gasteiger charge is 2.29. The van der Waals surface area contributed by atoms with Crippen molar-refractivity contribution in [2.45, 2.75) is 53.4 Å². The van der Waals surface area contributed by atoms with Gasteiger partial charge in [-0.2, -0.15) is 0 Å². The van der Waals surface area contributed by atoms with Gasteiger partial charge in [0.2, 0.25) is 0 Å². The second-order valence-electron chi connectivity index (χ2n) is 6.72. The third-order valence-electron chi connectivity index (χ3n) is 4.33. The van der Waals surface area contributed by atoms with Gasteiger partial charge in [0, 0.05) is 28.9 Å². The highest BCUT2D eigenvalue weighted by molar-refractivity contribution is 7.84. The van der Waals surface area contributed by atoms with Gasteiger partial charge in [0.1, 0.15) is 0 Å². The van der Waals surface area contributed by atoms with Gasteiger partial charge in [0.15, 0.2) is 0 Å². The predicted octanol–water partition coefficient (Wildman–Crippen LogP) is 3.20. The summed E-state index contributed by atoms with van der Waals surface area (Å²) >= 11 is 0. The molecule has 3 heteroatoms. The van der Waals surface area contributed by atoms with E-state index in [2.05, 4.69) is 26.1 Å². The summed E-state index contributed by atoms with van der Waals surface area (Å²) in [7, 11) is -0.613. The third kappa shape index (κ3) is 5.83. The first-order valence-electron chi connectivity index (χ1n) is 7.49. The third-order valence-corrected chi connectivity index (χ3v) is 5.64. The maximum absolute atomic E-state index is 11.3. The molecule has 108 valence electrons. The van der Waals surface area contributed by atoms with Crippen LogP contribution in [0.4, 0.5) is 0 Å². The first-order valence-corrected chi connectivity index (χ1v) is 8.98. The SMILES string of the molecule is CCS(=O)CCNCC1CCC(C(C)(C)C)CC1. The molecule has 1 atom stereocenters. The van der Waals surface area contributed by atoms with Crippen molar-refractivity contribution in [3.05, 3.63) is 0 Å². The van der Waals surface area contributed by atoms with Gasteiger partial charge in [-0.25, -0.2) is 0 Å². The second kappa shape index (κ2) is 7.64. The van der Waals surface area contributed by atoms with Crippen LogP contribution in [0.5, 0.6) is 0 Å². The Bertz CT molecular complexity index is 252. The molecule has 18 heavy (non-hydrogen) atoms. The summed E-state index contributed by atoms with van der Waals surface area (Å²) in [6.07, 6.45) is 5.51. The van der Waals surface area contributed by atoms with Crippen LogP contribution < -0.4 is 5.32 Å². The fourth-order valence-electron chi connectivity index (χ4n) is 2.87. The molecule has 1 unspecified atom stereocenters. The van der Waals surface area contributed by atoms with E-state index in [-0.39, 0.29) is 0 Å². The Morgan fingerprint density at radius 2 is 1.78 bits per heavy atom. The zero-order valence-electron chi connectivity index (χ0n) is 12.6. The molecule has 0 aromatic carbocycles. The van der Waals surface area contributed by atoms with Gasteiger partial charge < -0.3 is 5.32 Å². The van der Waals surface area contributed by atoms with Crippen molar-refractivity contribution >= 4 is 10.8 Å². The smallest absolute Gasteiger partial charge is 0.0359 e. The first kappa shape index (κ1) is 16.2. The number of hydrogen-bond donors (Lipinski definition) is 1. The lowest BCUT2D eigenvalue weighted by Crippen LogP contribution is -2.32. The number of rotatable bonds is 6. The van der Waals surface area contributed by atoms with Crippen LogP contribution in [0.15, 0.2) is 0 Å². The summed E-state index contributed by atoms with van der Waals surface area (Å²) in [6.45, 7) is 11.1. The topological polar surface area (TPSA) is 29.1 Å². The monoisotopic (exact) mass is 273 g/mol. The van der Waals surface area contributed by atoms with E-state index in [0.717, 1.165) is 36.4 Å². The molecular weight excluding hydrogens is 242 g/mol. The zero-order valence-corrected chi connectivity index (χ0v) is 13.4. The van der Waals surface area contributed by atoms with Gasteiger partial charge in [-0.05, 0) is 49.5 Å². The fraction of sp³-hybridized carbons (Fsp3) is 1.00. The lowest BCUT2D eigenvalue weighted by molar-refractivity contribution is 0.149. The second-order valence-corrected chi connectivity index (χ2v) is 8.59. The van der Waals surface area contributed by atoms with Crippen LogP contribution in [0.1, 0.15) is 53.4 Å². The Balaban J connectivity index is 2.11. The normalized spacial score (nSPS) is 27.1. The van der Waals surface area contributed by atoms with Gasteiger partial charge in [-0.1, -0.05) is 27.7 Å². The average Bonchev–Trinajstić information content (AvgIpc) is 2.33. The van der Waals surface area contributed by atoms with Crippen LogP contribution in [-0.2, 0) is 10.8 Å². The van der Waals surface area contributed by atoms with Gasteiger partial charge >= 0.3 is 0 Å². The lowest BCUT2D eigenvalue weighted by atomic mass is 9.70. The van der Waals surface area contributed by atoms with E-state index in [9.17, 15) is 4.21 Å². The molecule has 1 N–H and O–H groups in total. The standard InChI is InChI=1S/C15H31NOS/c1-5-18(17)11-10-16-12-13-6-8-14(9-7-13)15(2,3)4/h13-14,16H,5-12H2,1-4H3. The van der Waals surface area contributed by atoms with Crippen molar-refractivity contribution in [2.75, 3.05) is 24.6 Å². The van der Waals surface area contributed by atoms with Crippen LogP contribution in [-0.4, -0.2) is 28.8 Å². The minimum atomic E-state index is -0.613. The zero-order chi connectivity index (χ0) is 13.6. The van der Waals surface area contributed by atoms with Crippen LogP contribution in [0.3, 0.4) is 0 Å². The first-order chi connectivity index (χ1) is 8.43. The maximum atomic E-state index is 11.3. The molecule has 0 amide bonds. The van der Waals surface area contributed by atoms with Crippen molar-refractivity contribution in [3.8, 4) is 0 Å². The van der Waals surface area contributed by atoms with Crippen LogP contribution in [0.2, 0.25) is 0 Å². The summed E-state index contributed by atoms with van der Waals surface area (Å²) < 4.78 is 11.3. The van der Waals surface area contributed by atoms with Crippen molar-refractivity contribution in [1.29, 1.82) is 0 Å². The summed E-state index contributed by atoms with van der Waals surface area (Å²) in [6, 6.07) is 0. The molecule has 1 saturated carbocycles. The van der Waals surface area contributed by atoms with Crippen LogP contribution in [0, 0.1) is 17.3 Å². The molecule has 0 aliphatic heterocycles. The van der Waals surface area contributed by atoms with Gasteiger partial charge in [-0.15, -0.1) is 0 Å². The molecule has 0 heterocycles. The number of hydrogen-bond acceptors (Lipinski definition) is 2. The molecular formula is C15H31NOS. The minimum Gasteiger partial charge on any atom is -0.316 e. The summed E-state index contributed by atoms with van der Waals surface area (Å²) in [5.41, 5.74) is 0.483. The van der Waals surface area contributed by atoms with Crippen molar-refractivity contribution < 1.29 is 4.21 Å². The molecule has 1 rings (SSSR count). The summed E-state index contributed by atoms with van der Waals surface area (Å²) in [4.78, 5) is 0. The molecule has 0 spiro atoms. The van der Waals surface area contributed by atoms with Gasteiger partial charge in [-0.3, -0.25) is 4.21 Å². The van der Waals surface area contributed by atoms with E-state index in [4.69, 9.17) is 0 Å². The van der Waals surface area contributed by atoms with Crippen LogP contribution >= 0.6 is 0 Å². The van der Waals surface area contributed by atoms with E-state index in [1.165, 1.54) is 25.7 Å². The molecule has 0 radical (unpaired) electrons. The quantitative estimate of drug-likeness (QED) is 0.753. The molecule has 0 bridgehead atoms. The Kier molecular flexibility index (Phi) is 6.86. The summed E-state index contributed by atoms with van der Waals surface area (Å²) in [5, 5.41) is 3.48. The predicted molar refractivity (Wildman–Crippen MR) is 81.3 cm³/mol. The molecule has 1 aliphatic rings. The number of nitrogens with one attached hydrogen (secondary N) is 1. The fourth-order valence-corrected chi connectivity index (χ4v) is 3.53. The van der Waals surface area contributed by atoms with Gasteiger partial charge in [0.05, 0.1) is 0 Å². The van der Waals surface area contributed by atoms with Crippen molar-refractivity contribution in [2.24, 2.45) is 17.3 Å². The largest absolute Gasteiger partial charge is 0.316 e. The molecule has 1 fully saturated rings. The molecule has 0 saturated heterocycles. The molecule has 0 aromatic rings. The minimum absolute atomic E-state index is 0.483. The van der Waals surface area contributed by atoms with Crippen LogP contribution in [0.25, 0.3) is 0 Å². The Morgan fingerprint density at radius 3 is 2.28 bits per heavy atom. The molecule has 1 aliphatic carbocycles. The Morgan fingerprint density at radius 1 is 1.17 bits per heavy atom. The van der Waals surface area contributed by atoms with Crippen molar-refractivity contribution in [3.63, 3.8) is 0 Å². The van der Waals surface area contributed by atoms with Gasteiger partial charge in [0.25, 0.3) is 0 Å². The lowest BCUT2D eigenvalue weighted by Gasteiger charge is -2.37. The maximum Gasteiger partial charge on any atom is 0.0359 e. The Hall–Kier alpha value is 0.110. The van der Waals surface area contributed by atoms with E-state index in [0.29, 0.717) is 5.41 Å². The van der Waals surface area contributed by atoms with E-state index in [1.807, 2.05) is 6.92 Å². The van der Waals surface area contributed by atoms with E-state index < -0.39 is 10.8 Å². The molecule has 2 nitrogen and oxygen atoms in total. The van der Waals surface area contributed by atoms with Crippen molar-refractivity contribution in [1.82, 2.24) is 5.32 Å². The highest BCUT2D eigenvalue weighted by atomic mass is 32.2. The molecule has 0 aromatic heterocycles. The summed E-state index contributed by atoms with van der Waals surface area (Å²) in [5.74, 6) is 3.35. The average molecular weight is 273 g/mol.